The number of sulfone groups is 1. The Morgan fingerprint density at radius 2 is 1.75 bits per heavy atom. The van der Waals surface area contributed by atoms with E-state index >= 15 is 0 Å². The van der Waals surface area contributed by atoms with Crippen molar-refractivity contribution in [2.45, 2.75) is 36.6 Å². The van der Waals surface area contributed by atoms with Crippen LogP contribution >= 0.6 is 0 Å². The molecule has 0 radical (unpaired) electrons. The zero-order valence-electron chi connectivity index (χ0n) is 18.3. The Morgan fingerprint density at radius 3 is 2.41 bits per heavy atom. The number of hydrogen-bond acceptors (Lipinski definition) is 6. The van der Waals surface area contributed by atoms with Gasteiger partial charge in [-0.25, -0.2) is 8.42 Å². The van der Waals surface area contributed by atoms with Crippen LogP contribution in [-0.4, -0.2) is 50.4 Å². The van der Waals surface area contributed by atoms with E-state index in [-0.39, 0.29) is 27.6 Å². The molecule has 168 valence electrons. The van der Waals surface area contributed by atoms with Crippen LogP contribution in [0.2, 0.25) is 0 Å². The number of benzene rings is 2. The van der Waals surface area contributed by atoms with Gasteiger partial charge in [-0.1, -0.05) is 42.8 Å². The second kappa shape index (κ2) is 9.16. The first-order valence-electron chi connectivity index (χ1n) is 10.8. The van der Waals surface area contributed by atoms with Gasteiger partial charge in [0, 0.05) is 38.2 Å². The van der Waals surface area contributed by atoms with Gasteiger partial charge in [0.15, 0.2) is 0 Å². The van der Waals surface area contributed by atoms with Crippen molar-refractivity contribution in [2.75, 3.05) is 31.1 Å². The van der Waals surface area contributed by atoms with Crippen LogP contribution in [0.25, 0.3) is 11.5 Å². The van der Waals surface area contributed by atoms with E-state index in [2.05, 4.69) is 4.98 Å². The monoisotopic (exact) mass is 453 g/mol. The van der Waals surface area contributed by atoms with Crippen molar-refractivity contribution in [3.63, 3.8) is 0 Å². The predicted molar refractivity (Wildman–Crippen MR) is 122 cm³/mol. The molecule has 0 N–H and O–H groups in total. The molecule has 7 nitrogen and oxygen atoms in total. The van der Waals surface area contributed by atoms with Gasteiger partial charge in [0.05, 0.1) is 4.90 Å². The highest BCUT2D eigenvalue weighted by atomic mass is 32.2. The Balaban J connectivity index is 1.72. The molecule has 0 spiro atoms. The van der Waals surface area contributed by atoms with Crippen LogP contribution in [0.1, 0.15) is 25.3 Å². The molecule has 32 heavy (non-hydrogen) atoms. The summed E-state index contributed by atoms with van der Waals surface area (Å²) < 4.78 is 33.0. The fourth-order valence-electron chi connectivity index (χ4n) is 3.82. The second-order valence-corrected chi connectivity index (χ2v) is 9.80. The highest BCUT2D eigenvalue weighted by molar-refractivity contribution is 7.91. The minimum atomic E-state index is -3.88. The van der Waals surface area contributed by atoms with Gasteiger partial charge in [0.25, 0.3) is 0 Å². The first-order valence-corrected chi connectivity index (χ1v) is 12.3. The Labute approximate surface area is 188 Å². The highest BCUT2D eigenvalue weighted by Gasteiger charge is 2.33. The number of nitrogens with zero attached hydrogens (tertiary/aromatic N) is 3. The summed E-state index contributed by atoms with van der Waals surface area (Å²) in [6.45, 7) is 5.94. The Bertz CT molecular complexity index is 1200. The van der Waals surface area contributed by atoms with E-state index in [1.807, 2.05) is 47.9 Å². The van der Waals surface area contributed by atoms with Crippen LogP contribution in [0.4, 0.5) is 5.88 Å². The van der Waals surface area contributed by atoms with E-state index in [0.717, 1.165) is 17.5 Å². The normalized spacial score (nSPS) is 14.6. The molecule has 1 aliphatic heterocycles. The SMILES string of the molecule is CCCC(=O)N1CCN(c2oc(-c3cccc(C)c3)nc2S(=O)(=O)c2ccccc2)CC1. The smallest absolute Gasteiger partial charge is 0.236 e. The summed E-state index contributed by atoms with van der Waals surface area (Å²) in [6.07, 6.45) is 1.33. The lowest BCUT2D eigenvalue weighted by Crippen LogP contribution is -2.48. The number of oxazole rings is 1. The topological polar surface area (TPSA) is 83.7 Å². The third kappa shape index (κ3) is 4.41. The standard InChI is InChI=1S/C24H27N3O4S/c1-3-8-21(28)26-13-15-27(16-14-26)24-23(32(29,30)20-11-5-4-6-12-20)25-22(31-24)19-10-7-9-18(2)17-19/h4-7,9-12,17H,3,8,13-16H2,1-2H3. The van der Waals surface area contributed by atoms with Crippen molar-refractivity contribution < 1.29 is 17.6 Å². The van der Waals surface area contributed by atoms with E-state index in [9.17, 15) is 13.2 Å². The number of hydrogen-bond donors (Lipinski definition) is 0. The summed E-state index contributed by atoms with van der Waals surface area (Å²) in [5, 5.41) is -0.0893. The van der Waals surface area contributed by atoms with E-state index < -0.39 is 9.84 Å². The molecular weight excluding hydrogens is 426 g/mol. The Kier molecular flexibility index (Phi) is 6.32. The predicted octanol–water partition coefficient (Wildman–Crippen LogP) is 3.93. The van der Waals surface area contributed by atoms with E-state index in [1.165, 1.54) is 0 Å². The number of piperazine rings is 1. The van der Waals surface area contributed by atoms with Crippen molar-refractivity contribution >= 4 is 21.6 Å². The molecule has 0 saturated carbocycles. The van der Waals surface area contributed by atoms with Crippen molar-refractivity contribution in [2.24, 2.45) is 0 Å². The number of carbonyl (C=O) groups is 1. The summed E-state index contributed by atoms with van der Waals surface area (Å²) in [7, 11) is -3.88. The molecule has 1 saturated heterocycles. The van der Waals surface area contributed by atoms with Crippen LogP contribution in [0, 0.1) is 6.92 Å². The van der Waals surface area contributed by atoms with E-state index in [1.54, 1.807) is 30.3 Å². The number of aromatic nitrogens is 1. The number of aryl methyl sites for hydroxylation is 1. The number of carbonyl (C=O) groups excluding carboxylic acids is 1. The first kappa shape index (κ1) is 22.1. The molecule has 0 bridgehead atoms. The Hall–Kier alpha value is -3.13. The van der Waals surface area contributed by atoms with Gasteiger partial charge in [-0.3, -0.25) is 4.79 Å². The van der Waals surface area contributed by atoms with Crippen molar-refractivity contribution in [3.05, 3.63) is 60.2 Å². The summed E-state index contributed by atoms with van der Waals surface area (Å²) in [5.74, 6) is 0.623. The molecule has 0 aliphatic carbocycles. The van der Waals surface area contributed by atoms with Crippen molar-refractivity contribution in [1.82, 2.24) is 9.88 Å². The average molecular weight is 454 g/mol. The maximum absolute atomic E-state index is 13.5. The molecular formula is C24H27N3O4S. The molecule has 8 heteroatoms. The molecule has 0 atom stereocenters. The number of anilines is 1. The number of amides is 1. The third-order valence-electron chi connectivity index (χ3n) is 5.54. The first-order chi connectivity index (χ1) is 15.4. The lowest BCUT2D eigenvalue weighted by molar-refractivity contribution is -0.131. The fraction of sp³-hybridized carbons (Fsp3) is 0.333. The van der Waals surface area contributed by atoms with Gasteiger partial charge in [0.1, 0.15) is 0 Å². The van der Waals surface area contributed by atoms with Crippen LogP contribution in [0.3, 0.4) is 0 Å². The molecule has 2 heterocycles. The van der Waals surface area contributed by atoms with Crippen LogP contribution < -0.4 is 4.90 Å². The van der Waals surface area contributed by atoms with Gasteiger partial charge >= 0.3 is 0 Å². The number of rotatable bonds is 6. The molecule has 2 aromatic carbocycles. The summed E-state index contributed by atoms with van der Waals surface area (Å²) in [4.78, 5) is 20.6. The maximum Gasteiger partial charge on any atom is 0.236 e. The summed E-state index contributed by atoms with van der Waals surface area (Å²) in [5.41, 5.74) is 1.75. The van der Waals surface area contributed by atoms with E-state index in [4.69, 9.17) is 4.42 Å². The highest BCUT2D eigenvalue weighted by Crippen LogP contribution is 2.35. The van der Waals surface area contributed by atoms with Crippen molar-refractivity contribution in [1.29, 1.82) is 0 Å². The lowest BCUT2D eigenvalue weighted by atomic mass is 10.1. The van der Waals surface area contributed by atoms with Gasteiger partial charge in [-0.05, 0) is 37.6 Å². The zero-order chi connectivity index (χ0) is 22.7. The molecule has 1 aliphatic rings. The second-order valence-electron chi connectivity index (χ2n) is 7.93. The molecule has 0 unspecified atom stereocenters. The van der Waals surface area contributed by atoms with Gasteiger partial charge in [-0.15, -0.1) is 0 Å². The van der Waals surface area contributed by atoms with Crippen LogP contribution in [-0.2, 0) is 14.6 Å². The minimum absolute atomic E-state index is 0.0893. The molecule has 3 aromatic rings. The van der Waals surface area contributed by atoms with Gasteiger partial charge < -0.3 is 14.2 Å². The van der Waals surface area contributed by atoms with Gasteiger partial charge in [-0.2, -0.15) is 4.98 Å². The summed E-state index contributed by atoms with van der Waals surface area (Å²) in [6, 6.07) is 15.9. The van der Waals surface area contributed by atoms with Crippen LogP contribution in [0.15, 0.2) is 68.9 Å². The largest absolute Gasteiger partial charge is 0.419 e. The Morgan fingerprint density at radius 1 is 1.03 bits per heavy atom. The van der Waals surface area contributed by atoms with Crippen molar-refractivity contribution in [3.8, 4) is 11.5 Å². The molecule has 1 aromatic heterocycles. The van der Waals surface area contributed by atoms with Gasteiger partial charge in [0.2, 0.25) is 32.5 Å². The average Bonchev–Trinajstić information content (AvgIpc) is 3.26. The lowest BCUT2D eigenvalue weighted by Gasteiger charge is -2.34. The fourth-order valence-corrected chi connectivity index (χ4v) is 5.16. The van der Waals surface area contributed by atoms with E-state index in [0.29, 0.717) is 32.6 Å². The third-order valence-corrected chi connectivity index (χ3v) is 7.20. The summed E-state index contributed by atoms with van der Waals surface area (Å²) >= 11 is 0. The minimum Gasteiger partial charge on any atom is -0.419 e. The maximum atomic E-state index is 13.5. The zero-order valence-corrected chi connectivity index (χ0v) is 19.1. The molecule has 1 amide bonds. The quantitative estimate of drug-likeness (QED) is 0.562. The molecule has 4 rings (SSSR count). The molecule has 1 fully saturated rings. The van der Waals surface area contributed by atoms with Crippen LogP contribution in [0.5, 0.6) is 0 Å².